The number of benzene rings is 2. The fourth-order valence-corrected chi connectivity index (χ4v) is 6.97. The van der Waals surface area contributed by atoms with Crippen LogP contribution in [0.1, 0.15) is 42.5 Å². The molecule has 3 aromatic rings. The molecule has 2 fully saturated rings. The minimum absolute atomic E-state index is 0.374. The maximum absolute atomic E-state index is 9.45. The Labute approximate surface area is 240 Å². The minimum atomic E-state index is -0.463. The number of hydrogen-bond acceptors (Lipinski definition) is 8. The Morgan fingerprint density at radius 2 is 1.98 bits per heavy atom. The van der Waals surface area contributed by atoms with E-state index in [2.05, 4.69) is 86.7 Å². The van der Waals surface area contributed by atoms with Crippen molar-refractivity contribution in [1.82, 2.24) is 20.2 Å². The normalized spacial score (nSPS) is 23.6. The van der Waals surface area contributed by atoms with Gasteiger partial charge in [-0.05, 0) is 63.2 Å². The number of piperazine rings is 1. The molecular weight excluding hydrogens is 514 g/mol. The molecule has 3 radical (unpaired) electrons. The molecule has 0 amide bonds. The van der Waals surface area contributed by atoms with Crippen LogP contribution >= 0.6 is 0 Å². The third-order valence-electron chi connectivity index (χ3n) is 8.74. The quantitative estimate of drug-likeness (QED) is 0.465. The lowest BCUT2D eigenvalue weighted by Crippen LogP contribution is -2.61. The lowest BCUT2D eigenvalue weighted by Gasteiger charge is -2.41. The van der Waals surface area contributed by atoms with Gasteiger partial charge >= 0.3 is 6.01 Å². The fraction of sp³-hybridized carbons (Fsp3) is 0.516. The van der Waals surface area contributed by atoms with Gasteiger partial charge in [0.15, 0.2) is 0 Å². The second-order valence-corrected chi connectivity index (χ2v) is 12.5. The average molecular weight is 553 g/mol. The molecule has 2 atom stereocenters. The number of likely N-dealkylation sites (tertiary alicyclic amines) is 1. The first kappa shape index (κ1) is 27.0. The molecule has 1 aromatic heterocycles. The fourth-order valence-electron chi connectivity index (χ4n) is 6.57. The highest BCUT2D eigenvalue weighted by Gasteiger charge is 2.34. The Hall–Kier alpha value is -3.19. The first-order valence-corrected chi connectivity index (χ1v) is 15.0. The van der Waals surface area contributed by atoms with Crippen molar-refractivity contribution < 1.29 is 4.74 Å². The van der Waals surface area contributed by atoms with Crippen LogP contribution in [0.15, 0.2) is 36.4 Å². The van der Waals surface area contributed by atoms with Crippen molar-refractivity contribution in [2.45, 2.75) is 56.8 Å². The zero-order chi connectivity index (χ0) is 27.7. The van der Waals surface area contributed by atoms with E-state index in [0.717, 1.165) is 57.0 Å². The molecule has 2 saturated heterocycles. The van der Waals surface area contributed by atoms with Gasteiger partial charge < -0.3 is 24.8 Å². The lowest BCUT2D eigenvalue weighted by molar-refractivity contribution is 0.187. The Balaban J connectivity index is 1.37. The van der Waals surface area contributed by atoms with Gasteiger partial charge in [0.25, 0.3) is 0 Å². The smallest absolute Gasteiger partial charge is 0.318 e. The molecule has 3 aliphatic rings. The van der Waals surface area contributed by atoms with Gasteiger partial charge in [-0.15, -0.1) is 0 Å². The largest absolute Gasteiger partial charge is 0.462 e. The first-order chi connectivity index (χ1) is 19.4. The first-order valence-electron chi connectivity index (χ1n) is 14.5. The van der Waals surface area contributed by atoms with Crippen LogP contribution in [0.5, 0.6) is 6.01 Å². The van der Waals surface area contributed by atoms with Crippen LogP contribution in [0.3, 0.4) is 0 Å². The van der Waals surface area contributed by atoms with E-state index in [-0.39, 0.29) is 0 Å². The summed E-state index contributed by atoms with van der Waals surface area (Å²) in [5.41, 5.74) is 4.80. The van der Waals surface area contributed by atoms with Crippen molar-refractivity contribution in [1.29, 1.82) is 5.26 Å². The van der Waals surface area contributed by atoms with E-state index in [1.54, 1.807) is 0 Å². The summed E-state index contributed by atoms with van der Waals surface area (Å²) in [6.45, 7) is 7.80. The van der Waals surface area contributed by atoms with Gasteiger partial charge in [0.05, 0.1) is 35.0 Å². The number of nitrogens with zero attached hydrogens (tertiary/aromatic N) is 6. The molecule has 0 saturated carbocycles. The summed E-state index contributed by atoms with van der Waals surface area (Å²) in [5.74, 6) is 0.956. The third kappa shape index (κ3) is 5.40. The van der Waals surface area contributed by atoms with Crippen molar-refractivity contribution in [3.05, 3.63) is 53.2 Å². The summed E-state index contributed by atoms with van der Waals surface area (Å²) < 4.78 is 6.34. The second kappa shape index (κ2) is 11.4. The Bertz CT molecular complexity index is 1420. The number of fused-ring (bicyclic) bond motifs is 2. The van der Waals surface area contributed by atoms with Crippen molar-refractivity contribution >= 4 is 32.5 Å². The van der Waals surface area contributed by atoms with Gasteiger partial charge in [0.1, 0.15) is 12.4 Å². The van der Waals surface area contributed by atoms with E-state index in [4.69, 9.17) is 14.7 Å². The van der Waals surface area contributed by atoms with Crippen LogP contribution in [0, 0.1) is 18.3 Å². The molecule has 8 nitrogen and oxygen atoms in total. The zero-order valence-electron chi connectivity index (χ0n) is 23.6. The molecule has 2 aromatic carbocycles. The Kier molecular flexibility index (Phi) is 7.67. The number of anilines is 2. The molecular formula is C31H38N7OSi. The molecule has 6 rings (SSSR count). The number of aromatic nitrogens is 2. The topological polar surface area (TPSA) is 80.6 Å². The molecule has 0 spiro atoms. The van der Waals surface area contributed by atoms with E-state index in [9.17, 15) is 5.26 Å². The van der Waals surface area contributed by atoms with Crippen molar-refractivity contribution in [2.75, 3.05) is 56.2 Å². The molecule has 0 aliphatic carbocycles. The van der Waals surface area contributed by atoms with Crippen LogP contribution in [0.4, 0.5) is 11.5 Å². The van der Waals surface area contributed by atoms with Crippen LogP contribution < -0.4 is 19.9 Å². The minimum Gasteiger partial charge on any atom is -0.462 e. The monoisotopic (exact) mass is 552 g/mol. The molecule has 9 heteroatoms. The molecule has 3 aliphatic heterocycles. The summed E-state index contributed by atoms with van der Waals surface area (Å²) in [7, 11) is 6.04. The number of ether oxygens (including phenoxy) is 1. The predicted octanol–water partition coefficient (Wildman–Crippen LogP) is 3.55. The number of hydrogen-bond donors (Lipinski definition) is 1. The molecule has 40 heavy (non-hydrogen) atoms. The lowest BCUT2D eigenvalue weighted by atomic mass is 10.0. The number of nitrogens with one attached hydrogen (secondary N) is 1. The summed E-state index contributed by atoms with van der Waals surface area (Å²) in [6, 6.07) is 16.3. The van der Waals surface area contributed by atoms with Crippen LogP contribution in [-0.4, -0.2) is 82.7 Å². The third-order valence-corrected chi connectivity index (χ3v) is 9.25. The van der Waals surface area contributed by atoms with Gasteiger partial charge in [0, 0.05) is 54.0 Å². The van der Waals surface area contributed by atoms with Crippen LogP contribution in [0.25, 0.3) is 10.8 Å². The Morgan fingerprint density at radius 3 is 2.77 bits per heavy atom. The zero-order valence-corrected chi connectivity index (χ0v) is 24.6. The van der Waals surface area contributed by atoms with Gasteiger partial charge in [-0.25, -0.2) is 0 Å². The molecule has 1 unspecified atom stereocenters. The highest BCUT2D eigenvalue weighted by molar-refractivity contribution is 6.16. The number of rotatable bonds is 6. The average Bonchev–Trinajstić information content (AvgIpc) is 3.23. The van der Waals surface area contributed by atoms with Gasteiger partial charge in [0.2, 0.25) is 0 Å². The van der Waals surface area contributed by atoms with E-state index in [1.165, 1.54) is 34.0 Å². The summed E-state index contributed by atoms with van der Waals surface area (Å²) >= 11 is 0. The molecule has 0 bridgehead atoms. The van der Waals surface area contributed by atoms with E-state index in [1.807, 2.05) is 0 Å². The standard InChI is InChI=1S/C31H38N7OSi/c1-22-7-3-8-23-9-4-12-27(28(22)23)37-17-6-11-25-26(19-37)34-30(39-20-24-10-5-16-36(24)2)35-29(25)38-18-15-33-31(40,21-38)13-14-32/h3-4,7-9,12,24,33H,5-6,10-11,13,15-21H2,1-2H3/t24?,31-/m0/s1. The maximum Gasteiger partial charge on any atom is 0.318 e. The number of likely N-dealkylation sites (N-methyl/N-ethyl adjacent to an activating group) is 1. The highest BCUT2D eigenvalue weighted by Crippen LogP contribution is 2.35. The predicted molar refractivity (Wildman–Crippen MR) is 160 cm³/mol. The Morgan fingerprint density at radius 1 is 1.12 bits per heavy atom. The van der Waals surface area contributed by atoms with Gasteiger partial charge in [-0.3, -0.25) is 0 Å². The van der Waals surface area contributed by atoms with E-state index in [0.29, 0.717) is 38.2 Å². The SMILES string of the molecule is Cc1cccc2cccc(N3CCCc4c(nc(OCC5CCCN5C)nc4N4CCN[C@]([Si])(CC#N)C4)C3)c12. The number of nitriles is 1. The van der Waals surface area contributed by atoms with Crippen molar-refractivity contribution in [3.63, 3.8) is 0 Å². The van der Waals surface area contributed by atoms with Gasteiger partial charge in [-0.2, -0.15) is 15.2 Å². The maximum atomic E-state index is 9.45. The second-order valence-electron chi connectivity index (χ2n) is 11.6. The molecule has 207 valence electrons. The highest BCUT2D eigenvalue weighted by atomic mass is 28.1. The molecule has 1 N–H and O–H groups in total. The van der Waals surface area contributed by atoms with E-state index >= 15 is 0 Å². The van der Waals surface area contributed by atoms with Crippen LogP contribution in [0.2, 0.25) is 0 Å². The summed E-state index contributed by atoms with van der Waals surface area (Å²) in [4.78, 5) is 17.3. The van der Waals surface area contributed by atoms with Gasteiger partial charge in [-0.1, -0.05) is 30.3 Å². The molecule has 4 heterocycles. The van der Waals surface area contributed by atoms with Crippen molar-refractivity contribution in [3.8, 4) is 12.1 Å². The van der Waals surface area contributed by atoms with Crippen LogP contribution in [-0.2, 0) is 13.0 Å². The number of aryl methyl sites for hydroxylation is 1. The van der Waals surface area contributed by atoms with E-state index < -0.39 is 5.16 Å². The summed E-state index contributed by atoms with van der Waals surface area (Å²) in [5, 5.41) is 15.0. The summed E-state index contributed by atoms with van der Waals surface area (Å²) in [6.07, 6.45) is 4.64. The van der Waals surface area contributed by atoms with Crippen molar-refractivity contribution in [2.24, 2.45) is 0 Å².